The van der Waals surface area contributed by atoms with E-state index >= 15 is 0 Å². The lowest BCUT2D eigenvalue weighted by Gasteiger charge is -2.63. The minimum Gasteiger partial charge on any atom is -0.458 e. The highest BCUT2D eigenvalue weighted by Crippen LogP contribution is 2.69. The molecule has 5 nitrogen and oxygen atoms in total. The van der Waals surface area contributed by atoms with Gasteiger partial charge in [0.1, 0.15) is 6.10 Å². The second-order valence-corrected chi connectivity index (χ2v) is 13.0. The molecule has 10 atom stereocenters. The molecule has 34 heavy (non-hydrogen) atoms. The molecule has 1 heterocycles. The summed E-state index contributed by atoms with van der Waals surface area (Å²) in [7, 11) is 0. The molecule has 5 rings (SSSR count). The van der Waals surface area contributed by atoms with E-state index in [2.05, 4.69) is 13.8 Å². The predicted molar refractivity (Wildman–Crippen MR) is 130 cm³/mol. The maximum absolute atomic E-state index is 13.3. The fourth-order valence-corrected chi connectivity index (χ4v) is 9.60. The lowest BCUT2D eigenvalue weighted by Crippen LogP contribution is -2.67. The van der Waals surface area contributed by atoms with E-state index in [1.807, 2.05) is 19.9 Å². The summed E-state index contributed by atoms with van der Waals surface area (Å²) >= 11 is 7.10. The van der Waals surface area contributed by atoms with Crippen molar-refractivity contribution in [3.63, 3.8) is 0 Å². The van der Waals surface area contributed by atoms with Gasteiger partial charge in [-0.05, 0) is 86.5 Å². The van der Waals surface area contributed by atoms with Crippen LogP contribution in [0.15, 0.2) is 23.3 Å². The summed E-state index contributed by atoms with van der Waals surface area (Å²) in [5.41, 5.74) is 0.681. The zero-order valence-electron chi connectivity index (χ0n) is 20.9. The van der Waals surface area contributed by atoms with E-state index in [0.717, 1.165) is 31.3 Å². The van der Waals surface area contributed by atoms with Crippen molar-refractivity contribution in [3.8, 4) is 0 Å². The number of ether oxygens (including phenoxy) is 1. The van der Waals surface area contributed by atoms with Crippen molar-refractivity contribution in [3.05, 3.63) is 23.3 Å². The highest BCUT2D eigenvalue weighted by Gasteiger charge is 2.69. The van der Waals surface area contributed by atoms with Gasteiger partial charge in [0, 0.05) is 6.42 Å². The first-order valence-corrected chi connectivity index (χ1v) is 13.4. The minimum absolute atomic E-state index is 0.0742. The number of esters is 1. The molecule has 1 unspecified atom stereocenters. The fourth-order valence-electron chi connectivity index (χ4n) is 9.18. The van der Waals surface area contributed by atoms with E-state index in [4.69, 9.17) is 16.3 Å². The number of alkyl halides is 1. The number of aliphatic hydroxyl groups excluding tert-OH is 2. The Labute approximate surface area is 208 Å². The van der Waals surface area contributed by atoms with Gasteiger partial charge in [-0.25, -0.2) is 4.79 Å². The summed E-state index contributed by atoms with van der Waals surface area (Å²) in [5, 5.41) is 20.8. The summed E-state index contributed by atoms with van der Waals surface area (Å²) in [6, 6.07) is 0. The molecular formula is C28H39ClO5. The fraction of sp³-hybridized carbons (Fsp3) is 0.786. The number of hydrogen-bond acceptors (Lipinski definition) is 5. The number of allylic oxidation sites excluding steroid dienone is 2. The van der Waals surface area contributed by atoms with Crippen molar-refractivity contribution >= 4 is 23.4 Å². The molecule has 1 aliphatic heterocycles. The Kier molecular flexibility index (Phi) is 5.90. The van der Waals surface area contributed by atoms with Crippen molar-refractivity contribution in [1.29, 1.82) is 0 Å². The maximum atomic E-state index is 13.3. The van der Waals surface area contributed by atoms with Gasteiger partial charge < -0.3 is 14.9 Å². The van der Waals surface area contributed by atoms with Crippen LogP contribution in [0.5, 0.6) is 0 Å². The maximum Gasteiger partial charge on any atom is 0.336 e. The Balaban J connectivity index is 1.42. The van der Waals surface area contributed by atoms with Crippen molar-refractivity contribution in [1.82, 2.24) is 0 Å². The number of carbonyl (C=O) groups is 2. The van der Waals surface area contributed by atoms with Gasteiger partial charge in [0.05, 0.1) is 28.6 Å². The zero-order chi connectivity index (χ0) is 24.6. The normalized spacial score (nSPS) is 49.3. The molecule has 4 aliphatic carbocycles. The first-order valence-electron chi connectivity index (χ1n) is 13.1. The SMILES string of the molecule is CC1=C(CO)C(=O)OC([C@@H](C)[C@H]2CC[C@H]3[C@@H]4C[C@@H](O)[C@@]5(Cl)CC=CC(=O)[C@]5(C)[C@H]4CC[C@]23C)C1. The van der Waals surface area contributed by atoms with Crippen molar-refractivity contribution in [2.75, 3.05) is 6.61 Å². The number of ketones is 1. The van der Waals surface area contributed by atoms with E-state index in [0.29, 0.717) is 36.7 Å². The number of fused-ring (bicyclic) bond motifs is 5. The number of aliphatic hydroxyl groups is 2. The van der Waals surface area contributed by atoms with Crippen LogP contribution in [-0.4, -0.2) is 45.7 Å². The molecule has 0 aromatic rings. The zero-order valence-corrected chi connectivity index (χ0v) is 21.6. The predicted octanol–water partition coefficient (Wildman–Crippen LogP) is 4.58. The second kappa shape index (κ2) is 8.18. The quantitative estimate of drug-likeness (QED) is 0.446. The number of hydrogen-bond donors (Lipinski definition) is 2. The third-order valence-corrected chi connectivity index (χ3v) is 12.0. The van der Waals surface area contributed by atoms with Gasteiger partial charge in [-0.15, -0.1) is 11.6 Å². The first-order chi connectivity index (χ1) is 16.0. The Morgan fingerprint density at radius 2 is 1.94 bits per heavy atom. The lowest BCUT2D eigenvalue weighted by atomic mass is 9.44. The Morgan fingerprint density at radius 3 is 2.62 bits per heavy atom. The summed E-state index contributed by atoms with van der Waals surface area (Å²) < 4.78 is 5.83. The van der Waals surface area contributed by atoms with Crippen LogP contribution in [0.1, 0.15) is 72.6 Å². The molecule has 5 aliphatic rings. The van der Waals surface area contributed by atoms with Crippen molar-refractivity contribution in [2.24, 2.45) is 40.4 Å². The third kappa shape index (κ3) is 3.12. The van der Waals surface area contributed by atoms with E-state index in [-0.39, 0.29) is 47.6 Å². The molecule has 188 valence electrons. The topological polar surface area (TPSA) is 83.8 Å². The molecule has 2 N–H and O–H groups in total. The van der Waals surface area contributed by atoms with E-state index in [1.165, 1.54) is 0 Å². The van der Waals surface area contributed by atoms with Gasteiger partial charge in [0.15, 0.2) is 5.78 Å². The van der Waals surface area contributed by atoms with Crippen molar-refractivity contribution in [2.45, 2.75) is 89.7 Å². The number of rotatable bonds is 3. The second-order valence-electron chi connectivity index (χ2n) is 12.3. The smallest absolute Gasteiger partial charge is 0.336 e. The average Bonchev–Trinajstić information content (AvgIpc) is 3.13. The highest BCUT2D eigenvalue weighted by atomic mass is 35.5. The van der Waals surface area contributed by atoms with Crippen LogP contribution < -0.4 is 0 Å². The van der Waals surface area contributed by atoms with Crippen LogP contribution in [0, 0.1) is 40.4 Å². The van der Waals surface area contributed by atoms with Gasteiger partial charge in [0.25, 0.3) is 0 Å². The van der Waals surface area contributed by atoms with Crippen LogP contribution in [-0.2, 0) is 14.3 Å². The van der Waals surface area contributed by atoms with Gasteiger partial charge in [-0.2, -0.15) is 0 Å². The van der Waals surface area contributed by atoms with Gasteiger partial charge >= 0.3 is 5.97 Å². The minimum atomic E-state index is -0.913. The molecule has 0 saturated heterocycles. The van der Waals surface area contributed by atoms with E-state index in [1.54, 1.807) is 6.08 Å². The van der Waals surface area contributed by atoms with E-state index < -0.39 is 16.4 Å². The van der Waals surface area contributed by atoms with Gasteiger partial charge in [-0.1, -0.05) is 32.4 Å². The summed E-state index contributed by atoms with van der Waals surface area (Å²) in [6.45, 7) is 8.28. The Morgan fingerprint density at radius 1 is 1.21 bits per heavy atom. The number of carbonyl (C=O) groups excluding carboxylic acids is 2. The van der Waals surface area contributed by atoms with Crippen LogP contribution in [0.4, 0.5) is 0 Å². The molecule has 3 fully saturated rings. The molecule has 0 aromatic heterocycles. The monoisotopic (exact) mass is 490 g/mol. The lowest BCUT2D eigenvalue weighted by molar-refractivity contribution is -0.162. The van der Waals surface area contributed by atoms with Crippen molar-refractivity contribution < 1.29 is 24.5 Å². The standard InChI is InChI=1S/C28H39ClO5/c1-15-12-22(34-25(33)18(15)14-30)16(2)19-7-8-20-17-13-24(32)28(29)10-5-6-23(31)27(28,4)21(17)9-11-26(19,20)3/h5-6,16-17,19-22,24,30,32H,7-14H2,1-4H3/t16-,17-,19+,20-,21-,22?,24+,26+,27-,28-/m0/s1. The molecule has 3 saturated carbocycles. The first kappa shape index (κ1) is 24.5. The van der Waals surface area contributed by atoms with Crippen LogP contribution in [0.25, 0.3) is 0 Å². The summed E-state index contributed by atoms with van der Waals surface area (Å²) in [5.74, 6) is 1.20. The van der Waals surface area contributed by atoms with E-state index in [9.17, 15) is 19.8 Å². The molecule has 0 radical (unpaired) electrons. The number of halogens is 1. The Bertz CT molecular complexity index is 956. The molecule has 6 heteroatoms. The average molecular weight is 491 g/mol. The molecule has 0 bridgehead atoms. The third-order valence-electron chi connectivity index (χ3n) is 11.2. The molecule has 0 spiro atoms. The summed E-state index contributed by atoms with van der Waals surface area (Å²) in [6.07, 6.45) is 8.66. The number of cyclic esters (lactones) is 1. The molecular weight excluding hydrogens is 452 g/mol. The Hall–Kier alpha value is -1.17. The summed E-state index contributed by atoms with van der Waals surface area (Å²) in [4.78, 5) is 24.8. The largest absolute Gasteiger partial charge is 0.458 e. The van der Waals surface area contributed by atoms with Crippen LogP contribution >= 0.6 is 11.6 Å². The molecule has 0 aromatic carbocycles. The molecule has 0 amide bonds. The van der Waals surface area contributed by atoms with Gasteiger partial charge in [-0.3, -0.25) is 4.79 Å². The van der Waals surface area contributed by atoms with Crippen LogP contribution in [0.2, 0.25) is 0 Å². The van der Waals surface area contributed by atoms with Crippen LogP contribution in [0.3, 0.4) is 0 Å². The van der Waals surface area contributed by atoms with Gasteiger partial charge in [0.2, 0.25) is 0 Å². The highest BCUT2D eigenvalue weighted by molar-refractivity contribution is 6.28.